The number of esters is 2. The van der Waals surface area contributed by atoms with Crippen LogP contribution >= 0.6 is 0 Å². The van der Waals surface area contributed by atoms with Crippen LogP contribution in [0.2, 0.25) is 0 Å². The van der Waals surface area contributed by atoms with E-state index in [1.54, 1.807) is 45.9 Å². The summed E-state index contributed by atoms with van der Waals surface area (Å²) in [6, 6.07) is 5.29. The van der Waals surface area contributed by atoms with Crippen molar-refractivity contribution < 1.29 is 33.4 Å². The van der Waals surface area contributed by atoms with Crippen LogP contribution in [0.3, 0.4) is 0 Å². The van der Waals surface area contributed by atoms with Crippen LogP contribution in [0, 0.1) is 6.92 Å². The molecule has 0 atom stereocenters. The van der Waals surface area contributed by atoms with Crippen molar-refractivity contribution >= 4 is 34.5 Å². The van der Waals surface area contributed by atoms with E-state index in [0.29, 0.717) is 40.2 Å². The Labute approximate surface area is 167 Å². The molecule has 0 spiro atoms. The zero-order valence-electron chi connectivity index (χ0n) is 16.8. The molecule has 152 valence electrons. The van der Waals surface area contributed by atoms with E-state index < -0.39 is 17.9 Å². The normalized spacial score (nSPS) is 15.7. The molecule has 1 aliphatic heterocycles. The molecule has 0 aliphatic carbocycles. The quantitative estimate of drug-likeness (QED) is 0.337. The number of aryl methyl sites for hydroxylation is 1. The van der Waals surface area contributed by atoms with Gasteiger partial charge in [0.15, 0.2) is 0 Å². The number of benzene rings is 1. The van der Waals surface area contributed by atoms with Crippen LogP contribution in [0.5, 0.6) is 5.75 Å². The van der Waals surface area contributed by atoms with Crippen molar-refractivity contribution in [2.24, 2.45) is 0 Å². The molecular formula is C22H22O7. The molecule has 0 amide bonds. The molecule has 1 aromatic carbocycles. The Hall–Kier alpha value is -3.35. The van der Waals surface area contributed by atoms with Gasteiger partial charge >= 0.3 is 17.9 Å². The van der Waals surface area contributed by atoms with Gasteiger partial charge in [-0.1, -0.05) is 5.57 Å². The van der Waals surface area contributed by atoms with Crippen LogP contribution in [-0.2, 0) is 19.1 Å². The average Bonchev–Trinajstić information content (AvgIpc) is 3.12. The number of fused-ring (bicyclic) bond motifs is 1. The fourth-order valence-corrected chi connectivity index (χ4v) is 3.48. The number of cyclic esters (lactones) is 2. The highest BCUT2D eigenvalue weighted by Crippen LogP contribution is 2.38. The molecule has 1 aliphatic rings. The molecule has 0 bridgehead atoms. The minimum absolute atomic E-state index is 0.0329. The molecule has 7 nitrogen and oxygen atoms in total. The second-order valence-electron chi connectivity index (χ2n) is 7.09. The molecule has 3 rings (SSSR count). The van der Waals surface area contributed by atoms with Crippen LogP contribution in [0.25, 0.3) is 16.5 Å². The summed E-state index contributed by atoms with van der Waals surface area (Å²) in [7, 11) is 0. The number of carbonyl (C=O) groups excluding carboxylic acids is 2. The van der Waals surface area contributed by atoms with E-state index >= 15 is 0 Å². The van der Waals surface area contributed by atoms with Crippen molar-refractivity contribution in [1.82, 2.24) is 0 Å². The van der Waals surface area contributed by atoms with Crippen LogP contribution in [0.15, 0.2) is 39.3 Å². The van der Waals surface area contributed by atoms with Gasteiger partial charge in [0.05, 0.1) is 17.8 Å². The van der Waals surface area contributed by atoms with Crippen molar-refractivity contribution in [3.8, 4) is 5.75 Å². The van der Waals surface area contributed by atoms with Gasteiger partial charge in [-0.15, -0.1) is 0 Å². The van der Waals surface area contributed by atoms with Gasteiger partial charge in [0.1, 0.15) is 17.1 Å². The predicted molar refractivity (Wildman–Crippen MR) is 105 cm³/mol. The van der Waals surface area contributed by atoms with E-state index in [0.717, 1.165) is 5.39 Å². The highest BCUT2D eigenvalue weighted by Gasteiger charge is 2.37. The van der Waals surface area contributed by atoms with Gasteiger partial charge in [-0.05, 0) is 57.9 Å². The Morgan fingerprint density at radius 1 is 1.10 bits per heavy atom. The van der Waals surface area contributed by atoms with Crippen LogP contribution in [0.4, 0.5) is 0 Å². The zero-order chi connectivity index (χ0) is 21.3. The van der Waals surface area contributed by atoms with Crippen molar-refractivity contribution in [3.63, 3.8) is 0 Å². The number of rotatable bonds is 6. The number of hydrogen-bond acceptors (Lipinski definition) is 6. The van der Waals surface area contributed by atoms with Gasteiger partial charge in [0, 0.05) is 17.4 Å². The van der Waals surface area contributed by atoms with Gasteiger partial charge in [0.2, 0.25) is 0 Å². The summed E-state index contributed by atoms with van der Waals surface area (Å²) in [5.41, 5.74) is 3.14. The third kappa shape index (κ3) is 3.94. The number of hydrogen-bond donors (Lipinski definition) is 1. The molecule has 1 fully saturated rings. The molecule has 2 heterocycles. The highest BCUT2D eigenvalue weighted by atomic mass is 16.6. The summed E-state index contributed by atoms with van der Waals surface area (Å²) >= 11 is 0. The summed E-state index contributed by atoms with van der Waals surface area (Å²) in [5, 5.41) is 9.46. The number of carboxylic acids is 1. The summed E-state index contributed by atoms with van der Waals surface area (Å²) in [5.74, 6) is -1.01. The van der Waals surface area contributed by atoms with Gasteiger partial charge in [0.25, 0.3) is 0 Å². The predicted octanol–water partition coefficient (Wildman–Crippen LogP) is 4.18. The average molecular weight is 398 g/mol. The number of carboxylic acid groups (broad SMARTS) is 1. The molecule has 0 radical (unpaired) electrons. The molecule has 7 heteroatoms. The van der Waals surface area contributed by atoms with E-state index in [4.69, 9.17) is 19.0 Å². The second kappa shape index (κ2) is 7.95. The smallest absolute Gasteiger partial charge is 0.347 e. The van der Waals surface area contributed by atoms with Gasteiger partial charge < -0.3 is 19.0 Å². The SMILES string of the molecule is CC(C)=C1C(=O)OC(=O)/C1=C(\C)c1c(C)oc2ccc(OCCCC(=O)O)cc12. The number of carbonyl (C=O) groups is 3. The van der Waals surface area contributed by atoms with Crippen LogP contribution in [-0.4, -0.2) is 29.6 Å². The van der Waals surface area contributed by atoms with E-state index in [1.807, 2.05) is 0 Å². The maximum Gasteiger partial charge on any atom is 0.347 e. The number of ether oxygens (including phenoxy) is 2. The number of furan rings is 1. The zero-order valence-corrected chi connectivity index (χ0v) is 16.8. The lowest BCUT2D eigenvalue weighted by molar-refractivity contribution is -0.150. The van der Waals surface area contributed by atoms with Crippen molar-refractivity contribution in [2.75, 3.05) is 6.61 Å². The lowest BCUT2D eigenvalue weighted by atomic mass is 9.93. The lowest BCUT2D eigenvalue weighted by Gasteiger charge is -2.07. The van der Waals surface area contributed by atoms with Gasteiger partial charge in [-0.25, -0.2) is 9.59 Å². The van der Waals surface area contributed by atoms with Crippen molar-refractivity contribution in [1.29, 1.82) is 0 Å². The minimum atomic E-state index is -0.868. The maximum atomic E-state index is 12.3. The molecule has 0 saturated carbocycles. The number of allylic oxidation sites excluding steroid dienone is 2. The third-order valence-electron chi connectivity index (χ3n) is 4.73. The molecule has 2 aromatic rings. The molecule has 1 saturated heterocycles. The molecule has 29 heavy (non-hydrogen) atoms. The topological polar surface area (TPSA) is 103 Å². The van der Waals surface area contributed by atoms with Gasteiger partial charge in [-0.2, -0.15) is 0 Å². The van der Waals surface area contributed by atoms with Crippen molar-refractivity contribution in [2.45, 2.75) is 40.5 Å². The summed E-state index contributed by atoms with van der Waals surface area (Å²) in [6.45, 7) is 7.33. The van der Waals surface area contributed by atoms with Crippen LogP contribution in [0.1, 0.15) is 44.9 Å². The van der Waals surface area contributed by atoms with E-state index in [2.05, 4.69) is 0 Å². The van der Waals surface area contributed by atoms with Crippen LogP contribution < -0.4 is 4.74 Å². The van der Waals surface area contributed by atoms with Gasteiger partial charge in [-0.3, -0.25) is 4.79 Å². The maximum absolute atomic E-state index is 12.3. The Morgan fingerprint density at radius 2 is 1.79 bits per heavy atom. The Kier molecular flexibility index (Phi) is 5.59. The Morgan fingerprint density at radius 3 is 2.45 bits per heavy atom. The monoisotopic (exact) mass is 398 g/mol. The van der Waals surface area contributed by atoms with Crippen molar-refractivity contribution in [3.05, 3.63) is 46.2 Å². The molecule has 1 aromatic heterocycles. The number of aliphatic carboxylic acids is 1. The van der Waals surface area contributed by atoms with E-state index in [1.165, 1.54) is 0 Å². The molecule has 0 unspecified atom stereocenters. The first-order valence-electron chi connectivity index (χ1n) is 9.24. The fraction of sp³-hybridized carbons (Fsp3) is 0.318. The largest absolute Gasteiger partial charge is 0.494 e. The first-order valence-corrected chi connectivity index (χ1v) is 9.24. The Bertz CT molecular complexity index is 1080. The molecular weight excluding hydrogens is 376 g/mol. The highest BCUT2D eigenvalue weighted by molar-refractivity contribution is 6.22. The van der Waals surface area contributed by atoms with E-state index in [9.17, 15) is 14.4 Å². The molecule has 1 N–H and O–H groups in total. The summed E-state index contributed by atoms with van der Waals surface area (Å²) < 4.78 is 16.3. The second-order valence-corrected chi connectivity index (χ2v) is 7.09. The first kappa shape index (κ1) is 20.4. The third-order valence-corrected chi connectivity index (χ3v) is 4.73. The standard InChI is InChI=1S/C22H22O7/c1-11(2)18-20(22(26)29-21(18)25)12(3)19-13(4)28-16-8-7-14(10-15(16)19)27-9-5-6-17(23)24/h7-8,10H,5-6,9H2,1-4H3,(H,23,24)/b20-12+. The Balaban J connectivity index is 2.05. The lowest BCUT2D eigenvalue weighted by Crippen LogP contribution is -2.02. The fourth-order valence-electron chi connectivity index (χ4n) is 3.48. The first-order chi connectivity index (χ1) is 13.7. The van der Waals surface area contributed by atoms with E-state index in [-0.39, 0.29) is 24.2 Å². The summed E-state index contributed by atoms with van der Waals surface area (Å²) in [4.78, 5) is 35.0. The summed E-state index contributed by atoms with van der Waals surface area (Å²) in [6.07, 6.45) is 0.427. The minimum Gasteiger partial charge on any atom is -0.494 e.